The molecular formula is C14H21NO2. The van der Waals surface area contributed by atoms with Crippen LogP contribution in [0.25, 0.3) is 0 Å². The van der Waals surface area contributed by atoms with Gasteiger partial charge in [-0.3, -0.25) is 0 Å². The van der Waals surface area contributed by atoms with Crippen LogP contribution in [0.2, 0.25) is 0 Å². The number of ether oxygens (including phenoxy) is 2. The van der Waals surface area contributed by atoms with E-state index >= 15 is 0 Å². The molecule has 0 radical (unpaired) electrons. The number of hydrogen-bond acceptors (Lipinski definition) is 3. The maximum Gasteiger partial charge on any atom is 0.161 e. The quantitative estimate of drug-likeness (QED) is 0.822. The van der Waals surface area contributed by atoms with Gasteiger partial charge in [0.1, 0.15) is 0 Å². The Kier molecular flexibility index (Phi) is 4.26. The number of hydrogen-bond donors (Lipinski definition) is 1. The summed E-state index contributed by atoms with van der Waals surface area (Å²) in [7, 11) is 3.63. The van der Waals surface area contributed by atoms with Crippen molar-refractivity contribution >= 4 is 0 Å². The average molecular weight is 235 g/mol. The molecule has 0 aromatic heterocycles. The van der Waals surface area contributed by atoms with Gasteiger partial charge in [-0.1, -0.05) is 12.5 Å². The van der Waals surface area contributed by atoms with Crippen molar-refractivity contribution in [3.8, 4) is 11.5 Å². The first-order valence-corrected chi connectivity index (χ1v) is 6.28. The molecule has 0 atom stereocenters. The molecule has 3 nitrogen and oxygen atoms in total. The first-order chi connectivity index (χ1) is 8.33. The summed E-state index contributed by atoms with van der Waals surface area (Å²) in [6, 6.07) is 6.12. The molecule has 1 aliphatic rings. The van der Waals surface area contributed by atoms with Crippen molar-refractivity contribution in [2.24, 2.45) is 5.92 Å². The highest BCUT2D eigenvalue weighted by atomic mass is 16.5. The third-order valence-electron chi connectivity index (χ3n) is 3.31. The second-order valence-corrected chi connectivity index (χ2v) is 4.62. The van der Waals surface area contributed by atoms with Gasteiger partial charge in [-0.05, 0) is 43.5 Å². The van der Waals surface area contributed by atoms with Crippen LogP contribution in [0.4, 0.5) is 0 Å². The number of nitrogens with one attached hydrogen (secondary N) is 1. The first-order valence-electron chi connectivity index (χ1n) is 6.28. The van der Waals surface area contributed by atoms with Crippen molar-refractivity contribution in [2.45, 2.75) is 25.8 Å². The zero-order chi connectivity index (χ0) is 12.1. The normalized spacial score (nSPS) is 15.4. The van der Waals surface area contributed by atoms with Crippen molar-refractivity contribution in [2.75, 3.05) is 20.8 Å². The van der Waals surface area contributed by atoms with Gasteiger partial charge in [0, 0.05) is 6.54 Å². The van der Waals surface area contributed by atoms with Gasteiger partial charge in [0.2, 0.25) is 0 Å². The van der Waals surface area contributed by atoms with Crippen LogP contribution in [-0.4, -0.2) is 20.8 Å². The molecular weight excluding hydrogens is 214 g/mol. The Morgan fingerprint density at radius 3 is 2.71 bits per heavy atom. The monoisotopic (exact) mass is 235 g/mol. The molecule has 1 saturated carbocycles. The van der Waals surface area contributed by atoms with Crippen molar-refractivity contribution in [3.63, 3.8) is 0 Å². The summed E-state index contributed by atoms with van der Waals surface area (Å²) < 4.78 is 11.2. The van der Waals surface area contributed by atoms with E-state index in [-0.39, 0.29) is 0 Å². The van der Waals surface area contributed by atoms with Crippen LogP contribution in [0, 0.1) is 5.92 Å². The van der Waals surface area contributed by atoms with Crippen LogP contribution in [-0.2, 0) is 6.54 Å². The third-order valence-corrected chi connectivity index (χ3v) is 3.31. The van der Waals surface area contributed by atoms with Crippen LogP contribution in [0.5, 0.6) is 11.5 Å². The SMILES string of the molecule is CNCc1ccc(OCC2CCC2)c(OC)c1. The van der Waals surface area contributed by atoms with Gasteiger partial charge >= 0.3 is 0 Å². The van der Waals surface area contributed by atoms with E-state index in [1.807, 2.05) is 19.2 Å². The van der Waals surface area contributed by atoms with Gasteiger partial charge in [0.15, 0.2) is 11.5 Å². The summed E-state index contributed by atoms with van der Waals surface area (Å²) >= 11 is 0. The number of benzene rings is 1. The van der Waals surface area contributed by atoms with E-state index in [9.17, 15) is 0 Å². The lowest BCUT2D eigenvalue weighted by molar-refractivity contribution is 0.176. The standard InChI is InChI=1S/C14H21NO2/c1-15-9-12-6-7-13(14(8-12)16-2)17-10-11-4-3-5-11/h6-8,11,15H,3-5,9-10H2,1-2H3. The Labute approximate surface area is 103 Å². The van der Waals surface area contributed by atoms with Crippen LogP contribution in [0.1, 0.15) is 24.8 Å². The second kappa shape index (κ2) is 5.92. The predicted molar refractivity (Wildman–Crippen MR) is 68.6 cm³/mol. The third kappa shape index (κ3) is 3.13. The van der Waals surface area contributed by atoms with Gasteiger partial charge < -0.3 is 14.8 Å². The van der Waals surface area contributed by atoms with E-state index < -0.39 is 0 Å². The lowest BCUT2D eigenvalue weighted by atomic mass is 9.86. The molecule has 2 rings (SSSR count). The van der Waals surface area contributed by atoms with Gasteiger partial charge in [0.25, 0.3) is 0 Å². The maximum atomic E-state index is 5.82. The Morgan fingerprint density at radius 2 is 2.12 bits per heavy atom. The number of rotatable bonds is 6. The van der Waals surface area contributed by atoms with Crippen LogP contribution >= 0.6 is 0 Å². The summed E-state index contributed by atoms with van der Waals surface area (Å²) in [5.74, 6) is 2.44. The van der Waals surface area contributed by atoms with Crippen LogP contribution in [0.15, 0.2) is 18.2 Å². The predicted octanol–water partition coefficient (Wildman–Crippen LogP) is 2.59. The van der Waals surface area contributed by atoms with Crippen molar-refractivity contribution in [3.05, 3.63) is 23.8 Å². The fourth-order valence-corrected chi connectivity index (χ4v) is 2.01. The molecule has 1 N–H and O–H groups in total. The molecule has 1 fully saturated rings. The molecule has 0 amide bonds. The molecule has 0 spiro atoms. The molecule has 0 bridgehead atoms. The largest absolute Gasteiger partial charge is 0.493 e. The fourth-order valence-electron chi connectivity index (χ4n) is 2.01. The minimum atomic E-state index is 0.747. The number of methoxy groups -OCH3 is 1. The average Bonchev–Trinajstić information content (AvgIpc) is 2.29. The summed E-state index contributed by atoms with van der Waals surface area (Å²) in [6.07, 6.45) is 3.96. The topological polar surface area (TPSA) is 30.5 Å². The summed E-state index contributed by atoms with van der Waals surface area (Å²) in [6.45, 7) is 1.67. The van der Waals surface area contributed by atoms with Crippen molar-refractivity contribution < 1.29 is 9.47 Å². The van der Waals surface area contributed by atoms with E-state index in [1.54, 1.807) is 7.11 Å². The van der Waals surface area contributed by atoms with E-state index in [1.165, 1.54) is 24.8 Å². The van der Waals surface area contributed by atoms with Crippen molar-refractivity contribution in [1.82, 2.24) is 5.32 Å². The highest BCUT2D eigenvalue weighted by Crippen LogP contribution is 2.31. The molecule has 3 heteroatoms. The van der Waals surface area contributed by atoms with Crippen LogP contribution in [0.3, 0.4) is 0 Å². The van der Waals surface area contributed by atoms with Gasteiger partial charge in [-0.2, -0.15) is 0 Å². The highest BCUT2D eigenvalue weighted by Gasteiger charge is 2.18. The van der Waals surface area contributed by atoms with Crippen molar-refractivity contribution in [1.29, 1.82) is 0 Å². The molecule has 0 unspecified atom stereocenters. The Hall–Kier alpha value is -1.22. The zero-order valence-corrected chi connectivity index (χ0v) is 10.7. The van der Waals surface area contributed by atoms with Crippen LogP contribution < -0.4 is 14.8 Å². The Bertz CT molecular complexity index is 361. The minimum Gasteiger partial charge on any atom is -0.493 e. The lowest BCUT2D eigenvalue weighted by Gasteiger charge is -2.25. The summed E-state index contributed by atoms with van der Waals surface area (Å²) in [4.78, 5) is 0. The van der Waals surface area contributed by atoms with Gasteiger partial charge in [-0.15, -0.1) is 0 Å². The Balaban J connectivity index is 1.99. The van der Waals surface area contributed by atoms with E-state index in [2.05, 4.69) is 11.4 Å². The zero-order valence-electron chi connectivity index (χ0n) is 10.7. The molecule has 1 aromatic rings. The molecule has 1 aliphatic carbocycles. The smallest absolute Gasteiger partial charge is 0.161 e. The molecule has 1 aromatic carbocycles. The fraction of sp³-hybridized carbons (Fsp3) is 0.571. The molecule has 0 aliphatic heterocycles. The second-order valence-electron chi connectivity index (χ2n) is 4.62. The summed E-state index contributed by atoms with van der Waals surface area (Å²) in [5, 5.41) is 3.13. The van der Waals surface area contributed by atoms with E-state index in [4.69, 9.17) is 9.47 Å². The summed E-state index contributed by atoms with van der Waals surface area (Å²) in [5.41, 5.74) is 1.21. The van der Waals surface area contributed by atoms with Gasteiger partial charge in [-0.25, -0.2) is 0 Å². The van der Waals surface area contributed by atoms with E-state index in [0.29, 0.717) is 0 Å². The maximum absolute atomic E-state index is 5.82. The highest BCUT2D eigenvalue weighted by molar-refractivity contribution is 5.42. The molecule has 94 valence electrons. The Morgan fingerprint density at radius 1 is 1.29 bits per heavy atom. The molecule has 0 saturated heterocycles. The lowest BCUT2D eigenvalue weighted by Crippen LogP contribution is -2.19. The molecule has 0 heterocycles. The van der Waals surface area contributed by atoms with E-state index in [0.717, 1.165) is 30.6 Å². The van der Waals surface area contributed by atoms with Gasteiger partial charge in [0.05, 0.1) is 13.7 Å². The minimum absolute atomic E-state index is 0.747. The molecule has 17 heavy (non-hydrogen) atoms. The first kappa shape index (κ1) is 12.2.